The number of carbonyl (C=O) groups is 1. The first-order valence-electron chi connectivity index (χ1n) is 5.52. The van der Waals surface area contributed by atoms with Crippen molar-refractivity contribution in [2.24, 2.45) is 0 Å². The van der Waals surface area contributed by atoms with Gasteiger partial charge in [-0.15, -0.1) is 0 Å². The zero-order valence-electron chi connectivity index (χ0n) is 9.80. The van der Waals surface area contributed by atoms with Gasteiger partial charge in [-0.05, 0) is 12.1 Å². The number of nitrogens with zero attached hydrogens (tertiary/aromatic N) is 1. The molecule has 7 nitrogen and oxygen atoms in total. The number of β-amino-alcohol motifs (C(OH)–C–C–N with tert-alkyl or cyclic N) is 2. The van der Waals surface area contributed by atoms with Gasteiger partial charge in [-0.1, -0.05) is 12.1 Å². The van der Waals surface area contributed by atoms with Crippen LogP contribution in [0.15, 0.2) is 29.2 Å². The fourth-order valence-corrected chi connectivity index (χ4v) is 3.60. The highest BCUT2D eigenvalue weighted by Crippen LogP contribution is 2.24. The average Bonchev–Trinajstić information content (AvgIpc) is 2.70. The van der Waals surface area contributed by atoms with E-state index >= 15 is 0 Å². The highest BCUT2D eigenvalue weighted by Gasteiger charge is 2.38. The van der Waals surface area contributed by atoms with Gasteiger partial charge in [-0.2, -0.15) is 4.31 Å². The monoisotopic (exact) mass is 287 g/mol. The van der Waals surface area contributed by atoms with Crippen molar-refractivity contribution in [3.05, 3.63) is 29.8 Å². The van der Waals surface area contributed by atoms with Gasteiger partial charge in [0.15, 0.2) is 0 Å². The Morgan fingerprint density at radius 2 is 1.68 bits per heavy atom. The number of aliphatic hydroxyl groups excluding tert-OH is 2. The summed E-state index contributed by atoms with van der Waals surface area (Å²) in [4.78, 5) is 10.7. The van der Waals surface area contributed by atoms with Crippen LogP contribution in [0.25, 0.3) is 0 Å². The minimum Gasteiger partial charge on any atom is -0.478 e. The summed E-state index contributed by atoms with van der Waals surface area (Å²) in [6, 6.07) is 5.23. The molecule has 0 aromatic heterocycles. The van der Waals surface area contributed by atoms with Crippen molar-refractivity contribution in [3.63, 3.8) is 0 Å². The van der Waals surface area contributed by atoms with Crippen LogP contribution in [-0.4, -0.2) is 59.3 Å². The molecule has 2 atom stereocenters. The minimum atomic E-state index is -4.05. The molecule has 1 fully saturated rings. The summed E-state index contributed by atoms with van der Waals surface area (Å²) < 4.78 is 25.5. The predicted molar refractivity (Wildman–Crippen MR) is 64.2 cm³/mol. The summed E-state index contributed by atoms with van der Waals surface area (Å²) in [7, 11) is -4.05. The van der Waals surface area contributed by atoms with Crippen molar-refractivity contribution >= 4 is 16.0 Å². The van der Waals surface area contributed by atoms with Crippen LogP contribution in [0, 0.1) is 0 Å². The molecule has 1 aliphatic heterocycles. The number of aromatic carboxylic acids is 1. The largest absolute Gasteiger partial charge is 0.478 e. The summed E-state index contributed by atoms with van der Waals surface area (Å²) in [5, 5.41) is 27.8. The Bertz CT molecular complexity index is 589. The van der Waals surface area contributed by atoms with Crippen LogP contribution < -0.4 is 0 Å². The van der Waals surface area contributed by atoms with Crippen LogP contribution in [0.2, 0.25) is 0 Å². The zero-order chi connectivity index (χ0) is 14.2. The number of sulfonamides is 1. The minimum absolute atomic E-state index is 0.253. The molecule has 104 valence electrons. The molecule has 1 saturated heterocycles. The third-order valence-electron chi connectivity index (χ3n) is 2.96. The average molecular weight is 287 g/mol. The van der Waals surface area contributed by atoms with Gasteiger partial charge in [-0.3, -0.25) is 0 Å². The molecule has 0 radical (unpaired) electrons. The molecule has 2 rings (SSSR count). The van der Waals surface area contributed by atoms with E-state index in [1.807, 2.05) is 0 Å². The summed E-state index contributed by atoms with van der Waals surface area (Å²) in [6.45, 7) is -0.505. The van der Waals surface area contributed by atoms with Gasteiger partial charge in [0.05, 0.1) is 22.7 Å². The molecular weight excluding hydrogens is 274 g/mol. The van der Waals surface area contributed by atoms with Gasteiger partial charge >= 0.3 is 5.97 Å². The molecule has 1 aromatic rings. The van der Waals surface area contributed by atoms with E-state index in [1.54, 1.807) is 0 Å². The fourth-order valence-electron chi connectivity index (χ4n) is 1.94. The molecule has 0 amide bonds. The fraction of sp³-hybridized carbons (Fsp3) is 0.364. The third-order valence-corrected chi connectivity index (χ3v) is 4.85. The molecule has 3 N–H and O–H groups in total. The van der Waals surface area contributed by atoms with Crippen molar-refractivity contribution in [2.75, 3.05) is 13.1 Å². The Kier molecular flexibility index (Phi) is 3.59. The lowest BCUT2D eigenvalue weighted by Crippen LogP contribution is -2.31. The number of benzene rings is 1. The van der Waals surface area contributed by atoms with E-state index in [0.717, 1.165) is 4.31 Å². The van der Waals surface area contributed by atoms with Crippen LogP contribution in [0.5, 0.6) is 0 Å². The molecular formula is C11H13NO6S. The SMILES string of the molecule is O=C(O)c1ccccc1S(=O)(=O)N1CC(O)C(O)C1. The standard InChI is InChI=1S/C11H13NO6S/c13-8-5-12(6-9(8)14)19(17,18)10-4-2-1-3-7(10)11(15)16/h1-4,8-9,13-14H,5-6H2,(H,15,16). The number of aliphatic hydroxyl groups is 2. The van der Waals surface area contributed by atoms with Gasteiger partial charge in [0, 0.05) is 13.1 Å². The van der Waals surface area contributed by atoms with Crippen LogP contribution in [0.1, 0.15) is 10.4 Å². The molecule has 0 aliphatic carbocycles. The second-order valence-electron chi connectivity index (χ2n) is 4.26. The first-order chi connectivity index (χ1) is 8.84. The second-order valence-corrected chi connectivity index (χ2v) is 6.16. The topological polar surface area (TPSA) is 115 Å². The van der Waals surface area contributed by atoms with Crippen molar-refractivity contribution in [2.45, 2.75) is 17.1 Å². The third kappa shape index (κ3) is 2.47. The van der Waals surface area contributed by atoms with Crippen LogP contribution in [0.4, 0.5) is 0 Å². The lowest BCUT2D eigenvalue weighted by atomic mass is 10.2. The van der Waals surface area contributed by atoms with Gasteiger partial charge < -0.3 is 15.3 Å². The summed E-state index contributed by atoms with van der Waals surface area (Å²) in [5.41, 5.74) is -0.335. The Morgan fingerprint density at radius 3 is 2.21 bits per heavy atom. The molecule has 1 aromatic carbocycles. The lowest BCUT2D eigenvalue weighted by Gasteiger charge is -2.16. The molecule has 1 aliphatic rings. The van der Waals surface area contributed by atoms with Crippen LogP contribution >= 0.6 is 0 Å². The summed E-state index contributed by atoms with van der Waals surface area (Å²) in [5.74, 6) is -1.35. The summed E-state index contributed by atoms with van der Waals surface area (Å²) >= 11 is 0. The Morgan fingerprint density at radius 1 is 1.16 bits per heavy atom. The molecule has 0 saturated carbocycles. The van der Waals surface area contributed by atoms with Gasteiger partial charge in [0.2, 0.25) is 10.0 Å². The lowest BCUT2D eigenvalue weighted by molar-refractivity contribution is 0.0572. The molecule has 0 bridgehead atoms. The first kappa shape index (κ1) is 13.9. The molecule has 0 spiro atoms. The quantitative estimate of drug-likeness (QED) is 0.664. The summed E-state index contributed by atoms with van der Waals surface area (Å²) in [6.07, 6.45) is -2.32. The second kappa shape index (κ2) is 4.89. The van der Waals surface area contributed by atoms with E-state index in [-0.39, 0.29) is 23.5 Å². The Hall–Kier alpha value is -1.48. The van der Waals surface area contributed by atoms with Gasteiger partial charge in [0.1, 0.15) is 0 Å². The number of hydrogen-bond donors (Lipinski definition) is 3. The highest BCUT2D eigenvalue weighted by atomic mass is 32.2. The van der Waals surface area contributed by atoms with E-state index in [2.05, 4.69) is 0 Å². The van der Waals surface area contributed by atoms with Crippen molar-refractivity contribution in [1.82, 2.24) is 4.31 Å². The molecule has 8 heteroatoms. The number of carboxylic acids is 1. The van der Waals surface area contributed by atoms with E-state index in [9.17, 15) is 23.4 Å². The molecule has 19 heavy (non-hydrogen) atoms. The van der Waals surface area contributed by atoms with E-state index in [0.29, 0.717) is 0 Å². The van der Waals surface area contributed by atoms with Crippen LogP contribution in [-0.2, 0) is 10.0 Å². The predicted octanol–water partition coefficient (Wildman–Crippen LogP) is -0.889. The maximum atomic E-state index is 12.3. The van der Waals surface area contributed by atoms with Crippen LogP contribution in [0.3, 0.4) is 0 Å². The van der Waals surface area contributed by atoms with E-state index < -0.39 is 28.2 Å². The maximum Gasteiger partial charge on any atom is 0.337 e. The number of hydrogen-bond acceptors (Lipinski definition) is 5. The maximum absolute atomic E-state index is 12.3. The Labute approximate surface area is 109 Å². The van der Waals surface area contributed by atoms with Crippen molar-refractivity contribution in [1.29, 1.82) is 0 Å². The Balaban J connectivity index is 2.44. The molecule has 1 heterocycles. The van der Waals surface area contributed by atoms with Gasteiger partial charge in [-0.25, -0.2) is 13.2 Å². The smallest absolute Gasteiger partial charge is 0.337 e. The number of carboxylic acid groups (broad SMARTS) is 1. The number of rotatable bonds is 3. The molecule has 2 unspecified atom stereocenters. The highest BCUT2D eigenvalue weighted by molar-refractivity contribution is 7.89. The van der Waals surface area contributed by atoms with E-state index in [4.69, 9.17) is 5.11 Å². The van der Waals surface area contributed by atoms with Crippen molar-refractivity contribution < 1.29 is 28.5 Å². The normalized spacial score (nSPS) is 24.5. The van der Waals surface area contributed by atoms with E-state index in [1.165, 1.54) is 24.3 Å². The zero-order valence-corrected chi connectivity index (χ0v) is 10.6. The first-order valence-corrected chi connectivity index (χ1v) is 6.96. The van der Waals surface area contributed by atoms with Gasteiger partial charge in [0.25, 0.3) is 0 Å². The van der Waals surface area contributed by atoms with Crippen molar-refractivity contribution in [3.8, 4) is 0 Å².